The van der Waals surface area contributed by atoms with E-state index in [-0.39, 0.29) is 0 Å². The van der Waals surface area contributed by atoms with Crippen molar-refractivity contribution in [1.82, 2.24) is 4.90 Å². The number of terminal acetylenes is 1. The number of nitriles is 1. The van der Waals surface area contributed by atoms with Crippen LogP contribution in [-0.2, 0) is 0 Å². The third kappa shape index (κ3) is 5.45. The third-order valence-electron chi connectivity index (χ3n) is 1.54. The van der Waals surface area contributed by atoms with E-state index in [1.807, 2.05) is 6.92 Å². The first-order valence-electron chi connectivity index (χ1n) is 3.88. The normalized spacial score (nSPS) is 9.09. The van der Waals surface area contributed by atoms with Crippen LogP contribution < -0.4 is 0 Å². The highest BCUT2D eigenvalue weighted by molar-refractivity contribution is 4.84. The molecule has 0 aromatic heterocycles. The van der Waals surface area contributed by atoms with Gasteiger partial charge in [-0.1, -0.05) is 6.92 Å². The molecule has 2 nitrogen and oxygen atoms in total. The average molecular weight is 150 g/mol. The summed E-state index contributed by atoms with van der Waals surface area (Å²) < 4.78 is 0. The zero-order valence-electron chi connectivity index (χ0n) is 7.01. The molecule has 0 radical (unpaired) electrons. The van der Waals surface area contributed by atoms with E-state index in [0.717, 1.165) is 25.9 Å². The maximum Gasteiger partial charge on any atom is 0.0865 e. The second-order valence-corrected chi connectivity index (χ2v) is 2.33. The van der Waals surface area contributed by atoms with Gasteiger partial charge in [0.1, 0.15) is 0 Å². The predicted molar refractivity (Wildman–Crippen MR) is 45.8 cm³/mol. The minimum Gasteiger partial charge on any atom is -0.291 e. The van der Waals surface area contributed by atoms with E-state index in [9.17, 15) is 0 Å². The van der Waals surface area contributed by atoms with Crippen LogP contribution in [0.25, 0.3) is 0 Å². The number of hydrogen-bond donors (Lipinski definition) is 0. The highest BCUT2D eigenvalue weighted by atomic mass is 15.1. The van der Waals surface area contributed by atoms with Gasteiger partial charge in [0.05, 0.1) is 12.6 Å². The van der Waals surface area contributed by atoms with Crippen LogP contribution in [0.3, 0.4) is 0 Å². The molecule has 2 heteroatoms. The van der Waals surface area contributed by atoms with Gasteiger partial charge in [-0.15, -0.1) is 12.3 Å². The van der Waals surface area contributed by atoms with Crippen LogP contribution in [0, 0.1) is 23.7 Å². The van der Waals surface area contributed by atoms with Crippen molar-refractivity contribution in [3.63, 3.8) is 0 Å². The average Bonchev–Trinajstić information content (AvgIpc) is 2.03. The fourth-order valence-electron chi connectivity index (χ4n) is 0.854. The molecular formula is C9H14N2. The maximum absolute atomic E-state index is 8.39. The molecule has 0 aliphatic heterocycles. The van der Waals surface area contributed by atoms with E-state index < -0.39 is 0 Å². The summed E-state index contributed by atoms with van der Waals surface area (Å²) in [6, 6.07) is 2.12. The molecular weight excluding hydrogens is 136 g/mol. The molecule has 0 unspecified atom stereocenters. The van der Waals surface area contributed by atoms with Crippen molar-refractivity contribution in [2.45, 2.75) is 19.8 Å². The van der Waals surface area contributed by atoms with Crippen molar-refractivity contribution >= 4 is 0 Å². The van der Waals surface area contributed by atoms with Gasteiger partial charge in [0.2, 0.25) is 0 Å². The van der Waals surface area contributed by atoms with Crippen LogP contribution >= 0.6 is 0 Å². The smallest absolute Gasteiger partial charge is 0.0865 e. The highest BCUT2D eigenvalue weighted by Crippen LogP contribution is 1.92. The highest BCUT2D eigenvalue weighted by Gasteiger charge is 1.98. The fraction of sp³-hybridized carbons (Fsp3) is 0.667. The van der Waals surface area contributed by atoms with Gasteiger partial charge in [-0.2, -0.15) is 5.26 Å². The summed E-state index contributed by atoms with van der Waals surface area (Å²) in [5.41, 5.74) is 0. The molecule has 0 saturated carbocycles. The Bertz CT molecular complexity index is 161. The predicted octanol–water partition coefficient (Wildman–Crippen LogP) is 1.25. The molecule has 0 saturated heterocycles. The molecule has 0 fully saturated rings. The molecule has 0 spiro atoms. The van der Waals surface area contributed by atoms with Gasteiger partial charge in [0.15, 0.2) is 0 Å². The zero-order valence-corrected chi connectivity index (χ0v) is 7.01. The first kappa shape index (κ1) is 10.0. The van der Waals surface area contributed by atoms with Crippen molar-refractivity contribution in [1.29, 1.82) is 5.26 Å². The van der Waals surface area contributed by atoms with Crippen molar-refractivity contribution in [3.8, 4) is 18.4 Å². The topological polar surface area (TPSA) is 27.0 Å². The third-order valence-corrected chi connectivity index (χ3v) is 1.54. The minimum absolute atomic E-state index is 0.515. The standard InChI is InChI=1S/C9H14N2/c1-3-5-6-8-11(4-2)9-7-10/h1H,4-6,8-9H2,2H3. The Morgan fingerprint density at radius 1 is 1.55 bits per heavy atom. The molecule has 11 heavy (non-hydrogen) atoms. The van der Waals surface area contributed by atoms with E-state index in [2.05, 4.69) is 16.9 Å². The zero-order chi connectivity index (χ0) is 8.53. The first-order valence-corrected chi connectivity index (χ1v) is 3.88. The maximum atomic E-state index is 8.39. The van der Waals surface area contributed by atoms with Gasteiger partial charge in [0.25, 0.3) is 0 Å². The van der Waals surface area contributed by atoms with Crippen LogP contribution in [0.5, 0.6) is 0 Å². The van der Waals surface area contributed by atoms with E-state index in [1.165, 1.54) is 0 Å². The second-order valence-electron chi connectivity index (χ2n) is 2.33. The minimum atomic E-state index is 0.515. The van der Waals surface area contributed by atoms with Gasteiger partial charge in [0, 0.05) is 13.0 Å². The molecule has 0 aromatic rings. The Morgan fingerprint density at radius 2 is 2.27 bits per heavy atom. The molecule has 0 aliphatic carbocycles. The Morgan fingerprint density at radius 3 is 2.73 bits per heavy atom. The van der Waals surface area contributed by atoms with Gasteiger partial charge in [-0.3, -0.25) is 4.90 Å². The quantitative estimate of drug-likeness (QED) is 0.335. The van der Waals surface area contributed by atoms with Crippen molar-refractivity contribution < 1.29 is 0 Å². The molecule has 0 aliphatic rings. The summed E-state index contributed by atoms with van der Waals surface area (Å²) in [5.74, 6) is 2.58. The number of hydrogen-bond acceptors (Lipinski definition) is 2. The van der Waals surface area contributed by atoms with Crippen LogP contribution in [0.15, 0.2) is 0 Å². The van der Waals surface area contributed by atoms with Crippen molar-refractivity contribution in [2.24, 2.45) is 0 Å². The molecule has 0 aromatic carbocycles. The van der Waals surface area contributed by atoms with Crippen molar-refractivity contribution in [2.75, 3.05) is 19.6 Å². The van der Waals surface area contributed by atoms with E-state index in [0.29, 0.717) is 6.54 Å². The van der Waals surface area contributed by atoms with Crippen LogP contribution in [0.1, 0.15) is 19.8 Å². The van der Waals surface area contributed by atoms with Gasteiger partial charge < -0.3 is 0 Å². The largest absolute Gasteiger partial charge is 0.291 e. The van der Waals surface area contributed by atoms with E-state index in [4.69, 9.17) is 11.7 Å². The summed E-state index contributed by atoms with van der Waals surface area (Å²) in [7, 11) is 0. The fourth-order valence-corrected chi connectivity index (χ4v) is 0.854. The molecule has 0 heterocycles. The van der Waals surface area contributed by atoms with E-state index >= 15 is 0 Å². The van der Waals surface area contributed by atoms with Crippen LogP contribution in [0.2, 0.25) is 0 Å². The lowest BCUT2D eigenvalue weighted by atomic mass is 10.3. The molecule has 0 N–H and O–H groups in total. The lowest BCUT2D eigenvalue weighted by Crippen LogP contribution is -2.24. The van der Waals surface area contributed by atoms with Crippen LogP contribution in [-0.4, -0.2) is 24.5 Å². The summed E-state index contributed by atoms with van der Waals surface area (Å²) in [5, 5.41) is 8.39. The molecule has 60 valence electrons. The monoisotopic (exact) mass is 150 g/mol. The number of unbranched alkanes of at least 4 members (excludes halogenated alkanes) is 1. The number of nitrogens with zero attached hydrogens (tertiary/aromatic N) is 2. The lowest BCUT2D eigenvalue weighted by Gasteiger charge is -2.14. The Kier molecular flexibility index (Phi) is 6.48. The van der Waals surface area contributed by atoms with Gasteiger partial charge in [-0.05, 0) is 13.0 Å². The Labute approximate surface area is 68.8 Å². The lowest BCUT2D eigenvalue weighted by molar-refractivity contribution is 0.319. The van der Waals surface area contributed by atoms with E-state index in [1.54, 1.807) is 0 Å². The second kappa shape index (κ2) is 7.12. The van der Waals surface area contributed by atoms with Gasteiger partial charge >= 0.3 is 0 Å². The summed E-state index contributed by atoms with van der Waals surface area (Å²) in [6.45, 7) is 4.43. The molecule has 0 amide bonds. The van der Waals surface area contributed by atoms with Gasteiger partial charge in [-0.25, -0.2) is 0 Å². The summed E-state index contributed by atoms with van der Waals surface area (Å²) in [6.07, 6.45) is 6.90. The Balaban J connectivity index is 3.39. The molecule has 0 bridgehead atoms. The van der Waals surface area contributed by atoms with Crippen molar-refractivity contribution in [3.05, 3.63) is 0 Å². The summed E-state index contributed by atoms with van der Waals surface area (Å²) in [4.78, 5) is 2.08. The molecule has 0 rings (SSSR count). The SMILES string of the molecule is C#CCCCN(CC)CC#N. The molecule has 0 atom stereocenters. The summed E-state index contributed by atoms with van der Waals surface area (Å²) >= 11 is 0. The van der Waals surface area contributed by atoms with Crippen LogP contribution in [0.4, 0.5) is 0 Å². The number of rotatable bonds is 5. The Hall–Kier alpha value is -0.990. The first-order chi connectivity index (χ1) is 5.35.